The monoisotopic (exact) mass is 490 g/mol. The summed E-state index contributed by atoms with van der Waals surface area (Å²) >= 11 is 0. The van der Waals surface area contributed by atoms with Gasteiger partial charge < -0.3 is 14.6 Å². The van der Waals surface area contributed by atoms with E-state index in [4.69, 9.17) is 9.47 Å². The first-order valence-electron chi connectivity index (χ1n) is 11.5. The zero-order valence-electron chi connectivity index (χ0n) is 20.1. The number of aliphatic hydroxyl groups is 1. The van der Waals surface area contributed by atoms with E-state index in [1.807, 2.05) is 24.3 Å². The fraction of sp³-hybridized carbons (Fsp3) is 0.480. The van der Waals surface area contributed by atoms with E-state index >= 15 is 0 Å². The summed E-state index contributed by atoms with van der Waals surface area (Å²) < 4.78 is 38.5. The first-order chi connectivity index (χ1) is 16.3. The van der Waals surface area contributed by atoms with Crippen molar-refractivity contribution in [2.75, 3.05) is 34.4 Å². The van der Waals surface area contributed by atoms with Crippen LogP contribution < -0.4 is 4.74 Å². The van der Waals surface area contributed by atoms with Gasteiger partial charge in [0.1, 0.15) is 5.75 Å². The van der Waals surface area contributed by atoms with Crippen molar-refractivity contribution in [2.45, 2.75) is 49.0 Å². The van der Waals surface area contributed by atoms with Gasteiger partial charge in [0.25, 0.3) is 10.0 Å². The number of hydrogen-bond acceptors (Lipinski definition) is 7. The SMILES string of the molecule is COC(=O)CC1(N(CCO)N(C)S(=O)(=O)c2ccc(-c3ccc(OC)cc3)cc2)CCCCC1. The average molecular weight is 491 g/mol. The molecule has 0 bridgehead atoms. The molecule has 186 valence electrons. The van der Waals surface area contributed by atoms with Crippen LogP contribution in [0.5, 0.6) is 5.75 Å². The van der Waals surface area contributed by atoms with Crippen molar-refractivity contribution in [1.29, 1.82) is 0 Å². The van der Waals surface area contributed by atoms with Crippen molar-refractivity contribution < 1.29 is 27.8 Å². The quantitative estimate of drug-likeness (QED) is 0.402. The molecule has 1 saturated carbocycles. The molecule has 0 atom stereocenters. The van der Waals surface area contributed by atoms with E-state index in [2.05, 4.69) is 0 Å². The van der Waals surface area contributed by atoms with E-state index in [9.17, 15) is 18.3 Å². The Morgan fingerprint density at radius 1 is 0.971 bits per heavy atom. The van der Waals surface area contributed by atoms with Crippen molar-refractivity contribution in [3.8, 4) is 16.9 Å². The Kier molecular flexibility index (Phi) is 8.70. The largest absolute Gasteiger partial charge is 0.497 e. The highest BCUT2D eigenvalue weighted by Gasteiger charge is 2.44. The molecule has 34 heavy (non-hydrogen) atoms. The molecule has 0 radical (unpaired) electrons. The Hall–Kier alpha value is -2.46. The predicted molar refractivity (Wildman–Crippen MR) is 130 cm³/mol. The molecule has 3 rings (SSSR count). The van der Waals surface area contributed by atoms with Gasteiger partial charge in [-0.3, -0.25) is 4.79 Å². The zero-order chi connectivity index (χ0) is 24.8. The summed E-state index contributed by atoms with van der Waals surface area (Å²) in [5.41, 5.74) is 1.10. The topological polar surface area (TPSA) is 96.4 Å². The molecule has 0 saturated heterocycles. The Morgan fingerprint density at radius 2 is 1.53 bits per heavy atom. The second-order valence-electron chi connectivity index (χ2n) is 8.58. The molecule has 0 heterocycles. The molecule has 0 amide bonds. The van der Waals surface area contributed by atoms with Crippen LogP contribution in [0, 0.1) is 0 Å². The number of rotatable bonds is 10. The average Bonchev–Trinajstić information content (AvgIpc) is 2.87. The lowest BCUT2D eigenvalue weighted by atomic mass is 9.78. The van der Waals surface area contributed by atoms with Gasteiger partial charge in [-0.25, -0.2) is 13.4 Å². The normalized spacial score (nSPS) is 15.9. The van der Waals surface area contributed by atoms with E-state index in [-0.39, 0.29) is 30.4 Å². The molecule has 9 heteroatoms. The van der Waals surface area contributed by atoms with E-state index < -0.39 is 15.6 Å². The number of carbonyl (C=O) groups excluding carboxylic acids is 1. The van der Waals surface area contributed by atoms with E-state index in [1.165, 1.54) is 18.6 Å². The van der Waals surface area contributed by atoms with Crippen LogP contribution in [0.4, 0.5) is 0 Å². The van der Waals surface area contributed by atoms with Gasteiger partial charge in [-0.2, -0.15) is 0 Å². The third-order valence-corrected chi connectivity index (χ3v) is 8.37. The number of sulfonamides is 1. The number of β-amino-alcohol motifs (C(OH)–C–C–N with tert-alkyl or cyclic N) is 1. The van der Waals surface area contributed by atoms with Crippen LogP contribution in [-0.4, -0.2) is 68.9 Å². The number of hydrazine groups is 1. The molecule has 1 fully saturated rings. The van der Waals surface area contributed by atoms with Crippen LogP contribution in [0.3, 0.4) is 0 Å². The van der Waals surface area contributed by atoms with Gasteiger partial charge in [-0.1, -0.05) is 43.5 Å². The van der Waals surface area contributed by atoms with Crippen LogP contribution in [-0.2, 0) is 19.6 Å². The molecule has 1 aliphatic rings. The van der Waals surface area contributed by atoms with Crippen molar-refractivity contribution in [1.82, 2.24) is 9.42 Å². The minimum absolute atomic E-state index is 0.0692. The molecular formula is C25H34N2O6S. The Bertz CT molecular complexity index is 1050. The molecular weight excluding hydrogens is 456 g/mol. The molecule has 0 spiro atoms. The number of methoxy groups -OCH3 is 2. The van der Waals surface area contributed by atoms with Crippen LogP contribution in [0.1, 0.15) is 38.5 Å². The van der Waals surface area contributed by atoms with Crippen LogP contribution in [0.25, 0.3) is 11.1 Å². The highest BCUT2D eigenvalue weighted by atomic mass is 32.2. The maximum absolute atomic E-state index is 13.6. The van der Waals surface area contributed by atoms with Crippen molar-refractivity contribution in [3.63, 3.8) is 0 Å². The van der Waals surface area contributed by atoms with Crippen molar-refractivity contribution in [2.24, 2.45) is 0 Å². The molecule has 1 aliphatic carbocycles. The number of benzene rings is 2. The standard InChI is InChI=1S/C25H34N2O6S/c1-26(27(17-18-28)25(19-24(29)33-3)15-5-4-6-16-25)34(30,31)23-13-9-21(10-14-23)20-7-11-22(32-2)12-8-20/h7-14,28H,4-6,15-19H2,1-3H3. The third kappa shape index (κ3) is 5.60. The van der Waals surface area contributed by atoms with Gasteiger partial charge in [0.05, 0.1) is 32.1 Å². The van der Waals surface area contributed by atoms with E-state index in [0.29, 0.717) is 12.8 Å². The Balaban J connectivity index is 1.90. The molecule has 0 aliphatic heterocycles. The lowest BCUT2D eigenvalue weighted by Gasteiger charge is -2.48. The maximum Gasteiger partial charge on any atom is 0.307 e. The van der Waals surface area contributed by atoms with Gasteiger partial charge in [0.2, 0.25) is 0 Å². The summed E-state index contributed by atoms with van der Waals surface area (Å²) in [4.78, 5) is 12.4. The summed E-state index contributed by atoms with van der Waals surface area (Å²) in [6.07, 6.45) is 4.16. The number of ether oxygens (including phenoxy) is 2. The number of hydrogen-bond donors (Lipinski definition) is 1. The van der Waals surface area contributed by atoms with Crippen LogP contribution in [0.15, 0.2) is 53.4 Å². The fourth-order valence-electron chi connectivity index (χ4n) is 4.73. The number of esters is 1. The summed E-state index contributed by atoms with van der Waals surface area (Å²) in [5, 5.41) is 11.4. The summed E-state index contributed by atoms with van der Waals surface area (Å²) in [6.45, 7) is -0.143. The van der Waals surface area contributed by atoms with Crippen molar-refractivity contribution >= 4 is 16.0 Å². The zero-order valence-corrected chi connectivity index (χ0v) is 20.9. The lowest BCUT2D eigenvalue weighted by Crippen LogP contribution is -2.60. The Labute approximate surface area is 202 Å². The third-order valence-electron chi connectivity index (χ3n) is 6.61. The molecule has 1 N–H and O–H groups in total. The Morgan fingerprint density at radius 3 is 2.03 bits per heavy atom. The maximum atomic E-state index is 13.6. The molecule has 0 aromatic heterocycles. The number of carbonyl (C=O) groups is 1. The number of nitrogens with zero attached hydrogens (tertiary/aromatic N) is 2. The molecule has 0 unspecified atom stereocenters. The van der Waals surface area contributed by atoms with Gasteiger partial charge in [0, 0.05) is 19.1 Å². The van der Waals surface area contributed by atoms with Crippen LogP contribution >= 0.6 is 0 Å². The predicted octanol–water partition coefficient (Wildman–Crippen LogP) is 3.46. The number of aliphatic hydroxyl groups excluding tert-OH is 1. The van der Waals surface area contributed by atoms with Gasteiger partial charge in [-0.15, -0.1) is 4.41 Å². The molecule has 2 aromatic rings. The second kappa shape index (κ2) is 11.3. The van der Waals surface area contributed by atoms with Gasteiger partial charge in [-0.05, 0) is 48.2 Å². The molecule has 8 nitrogen and oxygen atoms in total. The second-order valence-corrected chi connectivity index (χ2v) is 10.5. The van der Waals surface area contributed by atoms with Crippen molar-refractivity contribution in [3.05, 3.63) is 48.5 Å². The smallest absolute Gasteiger partial charge is 0.307 e. The molecule has 2 aromatic carbocycles. The summed E-state index contributed by atoms with van der Waals surface area (Å²) in [6, 6.07) is 14.2. The first kappa shape index (κ1) is 26.2. The van der Waals surface area contributed by atoms with Gasteiger partial charge in [0.15, 0.2) is 0 Å². The lowest BCUT2D eigenvalue weighted by molar-refractivity contribution is -0.149. The summed E-state index contributed by atoms with van der Waals surface area (Å²) in [5.74, 6) is 0.358. The van der Waals surface area contributed by atoms with E-state index in [0.717, 1.165) is 36.1 Å². The van der Waals surface area contributed by atoms with Gasteiger partial charge >= 0.3 is 5.97 Å². The highest BCUT2D eigenvalue weighted by Crippen LogP contribution is 2.39. The minimum atomic E-state index is -3.92. The summed E-state index contributed by atoms with van der Waals surface area (Å²) in [7, 11) is 0.497. The minimum Gasteiger partial charge on any atom is -0.497 e. The fourth-order valence-corrected chi connectivity index (χ4v) is 6.03. The first-order valence-corrected chi connectivity index (χ1v) is 12.9. The van der Waals surface area contributed by atoms with E-state index in [1.54, 1.807) is 36.4 Å². The van der Waals surface area contributed by atoms with Crippen LogP contribution in [0.2, 0.25) is 0 Å². The highest BCUT2D eigenvalue weighted by molar-refractivity contribution is 7.89.